The van der Waals surface area contributed by atoms with E-state index in [2.05, 4.69) is 34.1 Å². The Hall–Kier alpha value is -3.29. The smallest absolute Gasteiger partial charge is 0.355 e. The Bertz CT molecular complexity index is 1640. The summed E-state index contributed by atoms with van der Waals surface area (Å²) >= 11 is 0.599. The van der Waals surface area contributed by atoms with E-state index < -0.39 is 27.1 Å². The first-order chi connectivity index (χ1) is 18.3. The fraction of sp³-hybridized carbons (Fsp3) is 0.346. The maximum absolute atomic E-state index is 13.0. The largest absolute Gasteiger partial charge is 0.425 e. The fourth-order valence-electron chi connectivity index (χ4n) is 4.77. The number of pyridine rings is 1. The molecule has 0 amide bonds. The number of thiophene rings is 1. The zero-order chi connectivity index (χ0) is 28.1. The van der Waals surface area contributed by atoms with Crippen molar-refractivity contribution in [1.29, 1.82) is 0 Å². The third-order valence-corrected chi connectivity index (χ3v) is 8.69. The van der Waals surface area contributed by atoms with Crippen LogP contribution in [0.15, 0.2) is 48.1 Å². The number of nitrogens with one attached hydrogen (secondary N) is 1. The lowest BCUT2D eigenvalue weighted by molar-refractivity contribution is -0.134. The van der Waals surface area contributed by atoms with Gasteiger partial charge < -0.3 is 16.0 Å². The summed E-state index contributed by atoms with van der Waals surface area (Å²) in [6.45, 7) is 4.71. The van der Waals surface area contributed by atoms with Gasteiger partial charge in [-0.3, -0.25) is 0 Å². The van der Waals surface area contributed by atoms with Crippen LogP contribution in [0, 0.1) is 5.92 Å². The van der Waals surface area contributed by atoms with Crippen molar-refractivity contribution in [3.05, 3.63) is 58.5 Å². The second-order valence-electron chi connectivity index (χ2n) is 10.0. The van der Waals surface area contributed by atoms with Crippen LogP contribution in [-0.2, 0) is 16.0 Å². The van der Waals surface area contributed by atoms with Gasteiger partial charge in [0, 0.05) is 53.1 Å². The quantitative estimate of drug-likeness (QED) is 0.301. The summed E-state index contributed by atoms with van der Waals surface area (Å²) in [6.07, 6.45) is -0.400. The molecule has 8 nitrogen and oxygen atoms in total. The summed E-state index contributed by atoms with van der Waals surface area (Å²) in [5, 5.41) is 6.37. The van der Waals surface area contributed by atoms with Crippen molar-refractivity contribution >= 4 is 49.3 Å². The summed E-state index contributed by atoms with van der Waals surface area (Å²) in [5.41, 5.74) is 8.64. The van der Waals surface area contributed by atoms with Crippen LogP contribution in [0.25, 0.3) is 22.2 Å². The summed E-state index contributed by atoms with van der Waals surface area (Å²) < 4.78 is 62.6. The number of nitrogens with two attached hydrogens (primary N) is 1. The van der Waals surface area contributed by atoms with Crippen LogP contribution in [0.1, 0.15) is 30.2 Å². The molecule has 0 radical (unpaired) electrons. The molecule has 0 bridgehead atoms. The number of rotatable bonds is 7. The van der Waals surface area contributed by atoms with Gasteiger partial charge in [-0.05, 0) is 41.1 Å². The predicted octanol–water partition coefficient (Wildman–Crippen LogP) is 5.40. The standard InChI is InChI=1S/C26H27F3N6O2S2/c1-14(2)17-4-5-20(35-11-16(24(35)30)13-39(3,36)37)19-10-32-23(9-18(17)19)33-22-6-7-31-25(34-22)15-8-21(38-12-15)26(27,28)29/h4-10,12,14,16,24H,11,13,30H2,1-3H3,(H,31,32,33,34)/t16-,24+/m1/s1. The van der Waals surface area contributed by atoms with Gasteiger partial charge in [-0.15, -0.1) is 11.3 Å². The van der Waals surface area contributed by atoms with Crippen molar-refractivity contribution in [1.82, 2.24) is 15.0 Å². The molecule has 2 atom stereocenters. The number of aromatic nitrogens is 3. The van der Waals surface area contributed by atoms with Crippen molar-refractivity contribution < 1.29 is 21.6 Å². The van der Waals surface area contributed by atoms with E-state index in [1.54, 1.807) is 12.3 Å². The molecule has 1 aromatic carbocycles. The lowest BCUT2D eigenvalue weighted by Gasteiger charge is -2.47. The van der Waals surface area contributed by atoms with Gasteiger partial charge in [0.15, 0.2) is 5.82 Å². The summed E-state index contributed by atoms with van der Waals surface area (Å²) in [4.78, 5) is 14.4. The molecule has 1 fully saturated rings. The Kier molecular flexibility index (Phi) is 7.02. The maximum atomic E-state index is 13.0. The minimum Gasteiger partial charge on any atom is -0.355 e. The van der Waals surface area contributed by atoms with E-state index >= 15 is 0 Å². The van der Waals surface area contributed by atoms with Crippen LogP contribution in [0.3, 0.4) is 0 Å². The molecule has 5 rings (SSSR count). The zero-order valence-corrected chi connectivity index (χ0v) is 23.0. The van der Waals surface area contributed by atoms with Gasteiger partial charge >= 0.3 is 6.18 Å². The van der Waals surface area contributed by atoms with Gasteiger partial charge in [-0.25, -0.2) is 23.4 Å². The van der Waals surface area contributed by atoms with Crippen molar-refractivity contribution in [3.63, 3.8) is 0 Å². The predicted molar refractivity (Wildman–Crippen MR) is 148 cm³/mol. The van der Waals surface area contributed by atoms with Gasteiger partial charge in [0.05, 0.1) is 11.9 Å². The van der Waals surface area contributed by atoms with Crippen LogP contribution in [-0.4, -0.2) is 48.1 Å². The van der Waals surface area contributed by atoms with Crippen LogP contribution in [0.5, 0.6) is 0 Å². The summed E-state index contributed by atoms with van der Waals surface area (Å²) in [7, 11) is -3.13. The normalized spacial score (nSPS) is 18.0. The molecule has 4 aromatic rings. The first kappa shape index (κ1) is 27.3. The van der Waals surface area contributed by atoms with Crippen LogP contribution < -0.4 is 16.0 Å². The third-order valence-electron chi connectivity index (χ3n) is 6.68. The van der Waals surface area contributed by atoms with Crippen molar-refractivity contribution in [2.75, 3.05) is 28.8 Å². The summed E-state index contributed by atoms with van der Waals surface area (Å²) in [6, 6.07) is 8.60. The Morgan fingerprint density at radius 2 is 1.92 bits per heavy atom. The van der Waals surface area contributed by atoms with E-state index in [0.717, 1.165) is 28.1 Å². The number of alkyl halides is 3. The molecular formula is C26H27F3N6O2S2. The van der Waals surface area contributed by atoms with E-state index in [1.807, 2.05) is 23.1 Å². The number of sulfone groups is 1. The van der Waals surface area contributed by atoms with Crippen molar-refractivity contribution in [2.45, 2.75) is 32.1 Å². The molecular weight excluding hydrogens is 549 g/mol. The van der Waals surface area contributed by atoms with Crippen LogP contribution in [0.4, 0.5) is 30.5 Å². The first-order valence-corrected chi connectivity index (χ1v) is 15.1. The molecule has 0 aliphatic carbocycles. The number of halogens is 3. The molecule has 1 aliphatic heterocycles. The highest BCUT2D eigenvalue weighted by Crippen LogP contribution is 2.39. The number of nitrogens with zero attached hydrogens (tertiary/aromatic N) is 4. The van der Waals surface area contributed by atoms with Gasteiger partial charge in [-0.2, -0.15) is 13.2 Å². The lowest BCUT2D eigenvalue weighted by Crippen LogP contribution is -2.63. The second-order valence-corrected chi connectivity index (χ2v) is 13.1. The molecule has 0 unspecified atom stereocenters. The number of hydrogen-bond acceptors (Lipinski definition) is 9. The highest BCUT2D eigenvalue weighted by atomic mass is 32.2. The van der Waals surface area contributed by atoms with Crippen LogP contribution in [0.2, 0.25) is 0 Å². The second kappa shape index (κ2) is 10.0. The molecule has 0 saturated carbocycles. The van der Waals surface area contributed by atoms with E-state index in [0.29, 0.717) is 29.5 Å². The van der Waals surface area contributed by atoms with Crippen LogP contribution >= 0.6 is 11.3 Å². The molecule has 39 heavy (non-hydrogen) atoms. The topological polar surface area (TPSA) is 114 Å². The first-order valence-electron chi connectivity index (χ1n) is 12.2. The number of fused-ring (bicyclic) bond motifs is 1. The molecule has 1 saturated heterocycles. The Balaban J connectivity index is 1.44. The van der Waals surface area contributed by atoms with E-state index in [9.17, 15) is 21.6 Å². The minimum atomic E-state index is -4.42. The number of hydrogen-bond donors (Lipinski definition) is 2. The van der Waals surface area contributed by atoms with Crippen molar-refractivity contribution in [2.24, 2.45) is 11.7 Å². The number of anilines is 3. The average Bonchev–Trinajstić information content (AvgIpc) is 3.36. The average molecular weight is 577 g/mol. The zero-order valence-electron chi connectivity index (χ0n) is 21.4. The van der Waals surface area contributed by atoms with Gasteiger partial charge in [-0.1, -0.05) is 19.9 Å². The molecule has 1 aliphatic rings. The Morgan fingerprint density at radius 1 is 1.15 bits per heavy atom. The van der Waals surface area contributed by atoms with E-state index in [4.69, 9.17) is 5.73 Å². The van der Waals surface area contributed by atoms with Gasteiger partial charge in [0.2, 0.25) is 0 Å². The minimum absolute atomic E-state index is 0.0445. The van der Waals surface area contributed by atoms with Gasteiger partial charge in [0.25, 0.3) is 0 Å². The Labute approximate surface area is 228 Å². The molecule has 3 N–H and O–H groups in total. The summed E-state index contributed by atoms with van der Waals surface area (Å²) in [5.74, 6) is 1.19. The molecule has 3 aromatic heterocycles. The van der Waals surface area contributed by atoms with Crippen molar-refractivity contribution in [3.8, 4) is 11.4 Å². The lowest BCUT2D eigenvalue weighted by atomic mass is 9.92. The monoisotopic (exact) mass is 576 g/mol. The third kappa shape index (κ3) is 5.70. The Morgan fingerprint density at radius 3 is 2.56 bits per heavy atom. The van der Waals surface area contributed by atoms with Gasteiger partial charge in [0.1, 0.15) is 26.4 Å². The maximum Gasteiger partial charge on any atom is 0.425 e. The number of benzene rings is 1. The van der Waals surface area contributed by atoms with E-state index in [1.165, 1.54) is 17.8 Å². The highest BCUT2D eigenvalue weighted by Gasteiger charge is 2.39. The molecule has 206 valence electrons. The molecule has 13 heteroatoms. The molecule has 0 spiro atoms. The fourth-order valence-corrected chi connectivity index (χ4v) is 6.60. The highest BCUT2D eigenvalue weighted by molar-refractivity contribution is 7.90. The van der Waals surface area contributed by atoms with E-state index in [-0.39, 0.29) is 29.0 Å². The SMILES string of the molecule is CC(C)c1ccc(N2C[C@H](CS(C)(=O)=O)[C@H]2N)c2cnc(Nc3ccnc(-c4csc(C(F)(F)F)c4)n3)cc12. The molecule has 4 heterocycles.